The van der Waals surface area contributed by atoms with E-state index in [2.05, 4.69) is 10.3 Å². The van der Waals surface area contributed by atoms with E-state index < -0.39 is 5.60 Å². The van der Waals surface area contributed by atoms with Crippen molar-refractivity contribution in [1.82, 2.24) is 9.88 Å². The number of amides is 1. The fraction of sp³-hybridized carbons (Fsp3) is 0.300. The van der Waals surface area contributed by atoms with Crippen molar-refractivity contribution in [3.63, 3.8) is 0 Å². The van der Waals surface area contributed by atoms with Crippen molar-refractivity contribution in [2.75, 3.05) is 25.0 Å². The van der Waals surface area contributed by atoms with Gasteiger partial charge in [0.1, 0.15) is 5.82 Å². The largest absolute Gasteiger partial charge is 0.385 e. The minimum Gasteiger partial charge on any atom is -0.385 e. The second kappa shape index (κ2) is 7.34. The molecule has 1 fully saturated rings. The number of hydrogen-bond donors (Lipinski definition) is 2. The van der Waals surface area contributed by atoms with Gasteiger partial charge >= 0.3 is 0 Å². The number of aromatic nitrogens is 1. The molecule has 7 heteroatoms. The third-order valence-electron chi connectivity index (χ3n) is 4.97. The molecule has 1 saturated heterocycles. The normalized spacial score (nSPS) is 17.1. The number of benzene rings is 2. The van der Waals surface area contributed by atoms with E-state index in [9.17, 15) is 14.3 Å². The highest BCUT2D eigenvalue weighted by Gasteiger charge is 2.36. The van der Waals surface area contributed by atoms with Crippen LogP contribution in [0.3, 0.4) is 0 Å². The van der Waals surface area contributed by atoms with Crippen molar-refractivity contribution in [2.45, 2.75) is 18.4 Å². The first-order valence-electron chi connectivity index (χ1n) is 8.89. The Kier molecular flexibility index (Phi) is 4.90. The van der Waals surface area contributed by atoms with Crippen molar-refractivity contribution in [2.24, 2.45) is 0 Å². The monoisotopic (exact) mass is 385 g/mol. The molecule has 4 rings (SSSR count). The minimum atomic E-state index is -1.18. The van der Waals surface area contributed by atoms with Crippen molar-refractivity contribution in [3.05, 3.63) is 59.9 Å². The number of aliphatic hydroxyl groups is 1. The van der Waals surface area contributed by atoms with E-state index in [4.69, 9.17) is 0 Å². The molecule has 0 aliphatic carbocycles. The second-order valence-corrected chi connectivity index (χ2v) is 7.85. The average molecular weight is 385 g/mol. The number of halogens is 1. The first-order valence-corrected chi connectivity index (χ1v) is 9.70. The Hall–Kier alpha value is -2.35. The number of rotatable bonds is 4. The zero-order valence-electron chi connectivity index (χ0n) is 14.7. The zero-order valence-corrected chi connectivity index (χ0v) is 15.5. The van der Waals surface area contributed by atoms with Crippen LogP contribution in [0.4, 0.5) is 9.52 Å². The summed E-state index contributed by atoms with van der Waals surface area (Å²) in [5.74, 6) is -0.521. The summed E-state index contributed by atoms with van der Waals surface area (Å²) >= 11 is 1.44. The SMILES string of the molecule is O=C(CN1CCC(O)(c2ccccc2F)CC1)Nc1nc2ccccc2s1. The Labute approximate surface area is 160 Å². The summed E-state index contributed by atoms with van der Waals surface area (Å²) in [6.45, 7) is 1.28. The van der Waals surface area contributed by atoms with E-state index in [1.54, 1.807) is 18.2 Å². The molecule has 1 aliphatic heterocycles. The summed E-state index contributed by atoms with van der Waals surface area (Å²) in [7, 11) is 0. The van der Waals surface area contributed by atoms with Gasteiger partial charge in [0.05, 0.1) is 22.4 Å². The molecule has 0 radical (unpaired) electrons. The minimum absolute atomic E-state index is 0.134. The Morgan fingerprint density at radius 2 is 1.89 bits per heavy atom. The maximum absolute atomic E-state index is 14.0. The molecule has 1 aromatic heterocycles. The Morgan fingerprint density at radius 3 is 2.63 bits per heavy atom. The Bertz CT molecular complexity index is 934. The van der Waals surface area contributed by atoms with E-state index in [-0.39, 0.29) is 18.3 Å². The van der Waals surface area contributed by atoms with Gasteiger partial charge in [-0.1, -0.05) is 41.7 Å². The second-order valence-electron chi connectivity index (χ2n) is 6.82. The molecule has 5 nitrogen and oxygen atoms in total. The number of nitrogens with one attached hydrogen (secondary N) is 1. The van der Waals surface area contributed by atoms with E-state index in [1.807, 2.05) is 29.2 Å². The number of thiazole rings is 1. The van der Waals surface area contributed by atoms with Crippen LogP contribution < -0.4 is 5.32 Å². The topological polar surface area (TPSA) is 65.5 Å². The third kappa shape index (κ3) is 3.85. The van der Waals surface area contributed by atoms with Gasteiger partial charge in [0.2, 0.25) is 5.91 Å². The molecule has 2 N–H and O–H groups in total. The van der Waals surface area contributed by atoms with Crippen LogP contribution in [0.5, 0.6) is 0 Å². The van der Waals surface area contributed by atoms with Crippen LogP contribution in [0.25, 0.3) is 10.2 Å². The van der Waals surface area contributed by atoms with Gasteiger partial charge < -0.3 is 10.4 Å². The summed E-state index contributed by atoms with van der Waals surface area (Å²) in [5.41, 5.74) is 0.0278. The van der Waals surface area contributed by atoms with Crippen molar-refractivity contribution >= 4 is 32.6 Å². The lowest BCUT2D eigenvalue weighted by molar-refractivity contribution is -0.118. The van der Waals surface area contributed by atoms with Gasteiger partial charge in [-0.25, -0.2) is 9.37 Å². The molecule has 3 aromatic rings. The van der Waals surface area contributed by atoms with Gasteiger partial charge in [-0.3, -0.25) is 9.69 Å². The highest BCUT2D eigenvalue weighted by atomic mass is 32.1. The fourth-order valence-electron chi connectivity index (χ4n) is 3.48. The number of piperidine rings is 1. The van der Waals surface area contributed by atoms with Gasteiger partial charge in [0.25, 0.3) is 0 Å². The predicted octanol–water partition coefficient (Wildman–Crippen LogP) is 3.36. The highest BCUT2D eigenvalue weighted by molar-refractivity contribution is 7.22. The summed E-state index contributed by atoms with van der Waals surface area (Å²) < 4.78 is 15.0. The summed E-state index contributed by atoms with van der Waals surface area (Å²) in [6, 6.07) is 14.1. The number of hydrogen-bond acceptors (Lipinski definition) is 5. The lowest BCUT2D eigenvalue weighted by atomic mass is 9.84. The lowest BCUT2D eigenvalue weighted by Crippen LogP contribution is -2.45. The van der Waals surface area contributed by atoms with Crippen LogP contribution in [-0.2, 0) is 10.4 Å². The summed E-state index contributed by atoms with van der Waals surface area (Å²) in [6.07, 6.45) is 0.782. The Balaban J connectivity index is 1.35. The number of anilines is 1. The van der Waals surface area contributed by atoms with E-state index in [0.717, 1.165) is 10.2 Å². The van der Waals surface area contributed by atoms with Crippen LogP contribution in [0.15, 0.2) is 48.5 Å². The standard InChI is InChI=1S/C20H20FN3O2S/c21-15-6-2-1-5-14(15)20(26)9-11-24(12-10-20)13-18(25)23-19-22-16-7-3-4-8-17(16)27-19/h1-8,26H,9-13H2,(H,22,23,25). The predicted molar refractivity (Wildman–Crippen MR) is 104 cm³/mol. The maximum atomic E-state index is 14.0. The molecule has 1 aliphatic rings. The molecule has 2 aromatic carbocycles. The number of fused-ring (bicyclic) bond motifs is 1. The molecule has 0 saturated carbocycles. The third-order valence-corrected chi connectivity index (χ3v) is 5.92. The van der Waals surface area contributed by atoms with E-state index in [1.165, 1.54) is 17.4 Å². The maximum Gasteiger partial charge on any atom is 0.240 e. The summed E-state index contributed by atoms with van der Waals surface area (Å²) in [4.78, 5) is 18.7. The van der Waals surface area contributed by atoms with Crippen LogP contribution in [0.2, 0.25) is 0 Å². The van der Waals surface area contributed by atoms with Crippen LogP contribution in [0, 0.1) is 5.82 Å². The van der Waals surface area contributed by atoms with Crippen LogP contribution in [-0.4, -0.2) is 40.5 Å². The molecule has 0 atom stereocenters. The number of carbonyl (C=O) groups excluding carboxylic acids is 1. The van der Waals surface area contributed by atoms with Gasteiger partial charge in [-0.05, 0) is 31.0 Å². The lowest BCUT2D eigenvalue weighted by Gasteiger charge is -2.38. The zero-order chi connectivity index (χ0) is 18.9. The van der Waals surface area contributed by atoms with Gasteiger partial charge in [0, 0.05) is 18.7 Å². The first kappa shape index (κ1) is 18.0. The molecular weight excluding hydrogens is 365 g/mol. The van der Waals surface area contributed by atoms with Crippen molar-refractivity contribution in [3.8, 4) is 0 Å². The van der Waals surface area contributed by atoms with E-state index in [0.29, 0.717) is 36.6 Å². The molecule has 140 valence electrons. The number of carbonyl (C=O) groups is 1. The number of nitrogens with zero attached hydrogens (tertiary/aromatic N) is 2. The molecule has 0 bridgehead atoms. The van der Waals surface area contributed by atoms with Crippen LogP contribution >= 0.6 is 11.3 Å². The van der Waals surface area contributed by atoms with Gasteiger partial charge in [0.15, 0.2) is 5.13 Å². The van der Waals surface area contributed by atoms with E-state index >= 15 is 0 Å². The molecule has 27 heavy (non-hydrogen) atoms. The molecular formula is C20H20FN3O2S. The summed E-state index contributed by atoms with van der Waals surface area (Å²) in [5, 5.41) is 14.2. The molecule has 0 spiro atoms. The molecule has 0 unspecified atom stereocenters. The average Bonchev–Trinajstić information content (AvgIpc) is 3.06. The van der Waals surface area contributed by atoms with Crippen molar-refractivity contribution < 1.29 is 14.3 Å². The number of likely N-dealkylation sites (tertiary alicyclic amines) is 1. The van der Waals surface area contributed by atoms with Gasteiger partial charge in [-0.2, -0.15) is 0 Å². The van der Waals surface area contributed by atoms with Crippen molar-refractivity contribution in [1.29, 1.82) is 0 Å². The Morgan fingerprint density at radius 1 is 1.19 bits per heavy atom. The fourth-order valence-corrected chi connectivity index (χ4v) is 4.36. The number of para-hydroxylation sites is 1. The van der Waals surface area contributed by atoms with Crippen LogP contribution in [0.1, 0.15) is 18.4 Å². The quantitative estimate of drug-likeness (QED) is 0.723. The molecule has 1 amide bonds. The smallest absolute Gasteiger partial charge is 0.240 e. The molecule has 2 heterocycles. The van der Waals surface area contributed by atoms with Gasteiger partial charge in [-0.15, -0.1) is 0 Å². The first-order chi connectivity index (χ1) is 13.0. The highest BCUT2D eigenvalue weighted by Crippen LogP contribution is 2.34.